The van der Waals surface area contributed by atoms with E-state index in [9.17, 15) is 0 Å². The van der Waals surface area contributed by atoms with Crippen LogP contribution in [0.1, 0.15) is 47.9 Å². The molecule has 0 spiro atoms. The van der Waals surface area contributed by atoms with Gasteiger partial charge in [-0.2, -0.15) is 0 Å². The fourth-order valence-corrected chi connectivity index (χ4v) is 5.55. The van der Waals surface area contributed by atoms with Crippen molar-refractivity contribution in [1.29, 1.82) is 0 Å². The van der Waals surface area contributed by atoms with E-state index in [1.54, 1.807) is 0 Å². The number of benzene rings is 2. The topological polar surface area (TPSA) is 75.4 Å². The van der Waals surface area contributed by atoms with E-state index in [0.29, 0.717) is 6.79 Å². The molecular weight excluding hydrogens is 438 g/mol. The zero-order valence-corrected chi connectivity index (χ0v) is 21.3. The fraction of sp³-hybridized carbons (Fsp3) is 0.536. The van der Waals surface area contributed by atoms with E-state index in [0.717, 1.165) is 63.0 Å². The molecule has 3 aliphatic rings. The summed E-state index contributed by atoms with van der Waals surface area (Å²) in [5.41, 5.74) is 12.7. The van der Waals surface area contributed by atoms with Gasteiger partial charge in [-0.05, 0) is 62.4 Å². The van der Waals surface area contributed by atoms with Crippen LogP contribution in [0.25, 0.3) is 0 Å². The Kier molecular flexibility index (Phi) is 7.16. The summed E-state index contributed by atoms with van der Waals surface area (Å²) in [7, 11) is 0. The van der Waals surface area contributed by atoms with Gasteiger partial charge in [0.1, 0.15) is 0 Å². The van der Waals surface area contributed by atoms with Gasteiger partial charge < -0.3 is 25.4 Å². The molecule has 0 unspecified atom stereocenters. The number of piperazine rings is 1. The summed E-state index contributed by atoms with van der Waals surface area (Å²) in [6, 6.07) is 11.1. The zero-order chi connectivity index (χ0) is 24.4. The molecule has 2 aromatic rings. The average Bonchev–Trinajstić information content (AvgIpc) is 3.30. The van der Waals surface area contributed by atoms with Crippen molar-refractivity contribution in [2.75, 3.05) is 38.3 Å². The van der Waals surface area contributed by atoms with Crippen molar-refractivity contribution in [2.45, 2.75) is 65.1 Å². The second kappa shape index (κ2) is 10.5. The molecule has 2 heterocycles. The lowest BCUT2D eigenvalue weighted by atomic mass is 9.91. The Balaban J connectivity index is 1.30. The number of anilines is 1. The van der Waals surface area contributed by atoms with Crippen LogP contribution in [0.5, 0.6) is 11.5 Å². The molecule has 2 aromatic carbocycles. The molecular formula is C28H39N5O2. The number of aryl methyl sites for hydroxylation is 3. The van der Waals surface area contributed by atoms with E-state index < -0.39 is 0 Å². The van der Waals surface area contributed by atoms with Crippen LogP contribution in [0, 0.1) is 20.8 Å². The number of fused-ring (bicyclic) bond motifs is 1. The van der Waals surface area contributed by atoms with Crippen LogP contribution < -0.4 is 20.5 Å². The van der Waals surface area contributed by atoms with E-state index in [1.165, 1.54) is 40.8 Å². The molecule has 0 amide bonds. The van der Waals surface area contributed by atoms with Crippen LogP contribution >= 0.6 is 0 Å². The van der Waals surface area contributed by atoms with Crippen LogP contribution in [-0.4, -0.2) is 60.8 Å². The predicted molar refractivity (Wildman–Crippen MR) is 141 cm³/mol. The first-order valence-electron chi connectivity index (χ1n) is 13.0. The van der Waals surface area contributed by atoms with Crippen LogP contribution in [0.2, 0.25) is 0 Å². The number of nitrogens with zero attached hydrogens (tertiary/aromatic N) is 3. The summed E-state index contributed by atoms with van der Waals surface area (Å²) < 4.78 is 11.0. The lowest BCUT2D eigenvalue weighted by Crippen LogP contribution is -2.51. The maximum absolute atomic E-state index is 6.50. The summed E-state index contributed by atoms with van der Waals surface area (Å²) in [4.78, 5) is 10.2. The summed E-state index contributed by atoms with van der Waals surface area (Å²) in [5, 5.41) is 3.74. The third kappa shape index (κ3) is 5.57. The van der Waals surface area contributed by atoms with Crippen LogP contribution in [-0.2, 0) is 6.54 Å². The Morgan fingerprint density at radius 2 is 1.69 bits per heavy atom. The predicted octanol–water partition coefficient (Wildman–Crippen LogP) is 4.20. The molecule has 7 nitrogen and oxygen atoms in total. The molecule has 2 fully saturated rings. The van der Waals surface area contributed by atoms with Crippen molar-refractivity contribution in [2.24, 2.45) is 10.7 Å². The smallest absolute Gasteiger partial charge is 0.231 e. The summed E-state index contributed by atoms with van der Waals surface area (Å²) >= 11 is 0. The molecule has 1 saturated carbocycles. The molecule has 0 aromatic heterocycles. The number of hydrogen-bond acceptors (Lipinski definition) is 5. The molecule has 2 atom stereocenters. The van der Waals surface area contributed by atoms with E-state index in [-0.39, 0.29) is 12.1 Å². The Morgan fingerprint density at radius 1 is 0.971 bits per heavy atom. The highest BCUT2D eigenvalue weighted by atomic mass is 16.7. The SMILES string of the molecule is Cc1cc(C)c(NC(=N[C@H]2CCCC[C@@H]2N)N2CCN(Cc3ccc4c(c3)OCO4)CC2)c(C)c1. The molecule has 188 valence electrons. The van der Waals surface area contributed by atoms with Crippen LogP contribution in [0.3, 0.4) is 0 Å². The molecule has 1 aliphatic carbocycles. The Bertz CT molecular complexity index is 1050. The third-order valence-electron chi connectivity index (χ3n) is 7.50. The van der Waals surface area contributed by atoms with Crippen molar-refractivity contribution < 1.29 is 9.47 Å². The summed E-state index contributed by atoms with van der Waals surface area (Å²) in [6.45, 7) is 11.6. The van der Waals surface area contributed by atoms with Crippen molar-refractivity contribution in [1.82, 2.24) is 9.80 Å². The minimum absolute atomic E-state index is 0.146. The maximum atomic E-state index is 6.50. The summed E-state index contributed by atoms with van der Waals surface area (Å²) in [6.07, 6.45) is 4.56. The number of hydrogen-bond donors (Lipinski definition) is 2. The lowest BCUT2D eigenvalue weighted by molar-refractivity contribution is 0.172. The lowest BCUT2D eigenvalue weighted by Gasteiger charge is -2.38. The van der Waals surface area contributed by atoms with E-state index in [2.05, 4.69) is 60.2 Å². The second-order valence-electron chi connectivity index (χ2n) is 10.3. The molecule has 2 aliphatic heterocycles. The number of rotatable bonds is 4. The van der Waals surface area contributed by atoms with Crippen LogP contribution in [0.15, 0.2) is 35.3 Å². The van der Waals surface area contributed by atoms with E-state index >= 15 is 0 Å². The second-order valence-corrected chi connectivity index (χ2v) is 10.3. The van der Waals surface area contributed by atoms with Gasteiger partial charge >= 0.3 is 0 Å². The molecule has 0 bridgehead atoms. The van der Waals surface area contributed by atoms with E-state index in [1.807, 2.05) is 6.07 Å². The molecule has 35 heavy (non-hydrogen) atoms. The maximum Gasteiger partial charge on any atom is 0.231 e. The molecule has 0 radical (unpaired) electrons. The zero-order valence-electron chi connectivity index (χ0n) is 21.3. The minimum atomic E-state index is 0.146. The molecule has 7 heteroatoms. The number of guanidine groups is 1. The van der Waals surface area contributed by atoms with Crippen molar-refractivity contribution >= 4 is 11.6 Å². The van der Waals surface area contributed by atoms with Crippen molar-refractivity contribution in [3.8, 4) is 11.5 Å². The van der Waals surface area contributed by atoms with Gasteiger partial charge in [-0.25, -0.2) is 4.99 Å². The highest BCUT2D eigenvalue weighted by Gasteiger charge is 2.26. The van der Waals surface area contributed by atoms with Gasteiger partial charge in [-0.1, -0.05) is 36.6 Å². The minimum Gasteiger partial charge on any atom is -0.454 e. The Hall–Kier alpha value is -2.77. The van der Waals surface area contributed by atoms with Gasteiger partial charge in [0.25, 0.3) is 0 Å². The van der Waals surface area contributed by atoms with Gasteiger partial charge in [0, 0.05) is 44.5 Å². The Labute approximate surface area is 209 Å². The molecule has 5 rings (SSSR count). The van der Waals surface area contributed by atoms with Crippen LogP contribution in [0.4, 0.5) is 5.69 Å². The van der Waals surface area contributed by atoms with Gasteiger partial charge in [-0.15, -0.1) is 0 Å². The monoisotopic (exact) mass is 477 g/mol. The number of aliphatic imine (C=N–C) groups is 1. The first kappa shape index (κ1) is 23.9. The average molecular weight is 478 g/mol. The highest BCUT2D eigenvalue weighted by Crippen LogP contribution is 2.33. The largest absolute Gasteiger partial charge is 0.454 e. The number of ether oxygens (including phenoxy) is 2. The third-order valence-corrected chi connectivity index (χ3v) is 7.50. The number of nitrogens with one attached hydrogen (secondary N) is 1. The van der Waals surface area contributed by atoms with Gasteiger partial charge in [-0.3, -0.25) is 4.90 Å². The standard InChI is InChI=1S/C28H39N5O2/c1-19-14-20(2)27(21(3)15-19)31-28(30-24-7-5-4-6-23(24)29)33-12-10-32(11-13-33)17-22-8-9-25-26(16-22)35-18-34-25/h8-9,14-16,23-24H,4-7,10-13,17-18,29H2,1-3H3,(H,30,31)/t23-,24-/m0/s1. The van der Waals surface area contributed by atoms with Gasteiger partial charge in [0.2, 0.25) is 6.79 Å². The first-order chi connectivity index (χ1) is 17.0. The van der Waals surface area contributed by atoms with Crippen molar-refractivity contribution in [3.63, 3.8) is 0 Å². The van der Waals surface area contributed by atoms with Gasteiger partial charge in [0.15, 0.2) is 17.5 Å². The Morgan fingerprint density at radius 3 is 2.43 bits per heavy atom. The fourth-order valence-electron chi connectivity index (χ4n) is 5.55. The van der Waals surface area contributed by atoms with Crippen molar-refractivity contribution in [3.05, 3.63) is 52.6 Å². The molecule has 1 saturated heterocycles. The quantitative estimate of drug-likeness (QED) is 0.508. The first-order valence-corrected chi connectivity index (χ1v) is 13.0. The van der Waals surface area contributed by atoms with Gasteiger partial charge in [0.05, 0.1) is 6.04 Å². The molecule has 3 N–H and O–H groups in total. The van der Waals surface area contributed by atoms with E-state index in [4.69, 9.17) is 20.2 Å². The highest BCUT2D eigenvalue weighted by molar-refractivity contribution is 5.95. The summed E-state index contributed by atoms with van der Waals surface area (Å²) in [5.74, 6) is 2.67. The number of nitrogens with two attached hydrogens (primary N) is 1. The normalized spacial score (nSPS) is 23.0.